The van der Waals surface area contributed by atoms with Crippen LogP contribution < -0.4 is 5.32 Å². The van der Waals surface area contributed by atoms with E-state index < -0.39 is 0 Å². The number of rotatable bonds is 10. The lowest BCUT2D eigenvalue weighted by Gasteiger charge is -2.03. The highest BCUT2D eigenvalue weighted by atomic mass is 16.1. The summed E-state index contributed by atoms with van der Waals surface area (Å²) in [4.78, 5) is 11.3. The van der Waals surface area contributed by atoms with Crippen molar-refractivity contribution in [1.82, 2.24) is 5.32 Å². The van der Waals surface area contributed by atoms with Crippen LogP contribution in [0.25, 0.3) is 0 Å². The molecule has 18 heavy (non-hydrogen) atoms. The topological polar surface area (TPSA) is 29.1 Å². The number of hydrogen-bond acceptors (Lipinski definition) is 1. The van der Waals surface area contributed by atoms with Crippen molar-refractivity contribution in [3.8, 4) is 0 Å². The van der Waals surface area contributed by atoms with Gasteiger partial charge in [-0.3, -0.25) is 4.79 Å². The molecule has 0 aliphatic carbocycles. The van der Waals surface area contributed by atoms with Crippen LogP contribution >= 0.6 is 0 Å². The summed E-state index contributed by atoms with van der Waals surface area (Å²) < 4.78 is 0. The third-order valence-electron chi connectivity index (χ3n) is 2.59. The molecule has 104 valence electrons. The molecule has 0 aromatic heterocycles. The van der Waals surface area contributed by atoms with Crippen LogP contribution in [0.3, 0.4) is 0 Å². The second-order valence-electron chi connectivity index (χ2n) is 5.09. The lowest BCUT2D eigenvalue weighted by atomic mass is 10.2. The smallest absolute Gasteiger partial charge is 0.243 e. The van der Waals surface area contributed by atoms with Crippen LogP contribution in [0, 0.1) is 5.92 Å². The van der Waals surface area contributed by atoms with Crippen molar-refractivity contribution in [1.29, 1.82) is 0 Å². The molecular formula is C16H29NO. The van der Waals surface area contributed by atoms with Gasteiger partial charge in [-0.1, -0.05) is 51.8 Å². The van der Waals surface area contributed by atoms with Gasteiger partial charge in [0.15, 0.2) is 0 Å². The van der Waals surface area contributed by atoms with Crippen LogP contribution in [-0.4, -0.2) is 12.5 Å². The predicted molar refractivity (Wildman–Crippen MR) is 79.5 cm³/mol. The Hall–Kier alpha value is -1.05. The summed E-state index contributed by atoms with van der Waals surface area (Å²) in [5, 5.41) is 2.86. The lowest BCUT2D eigenvalue weighted by Crippen LogP contribution is -2.25. The standard InChI is InChI=1S/C16H29NO/c1-4-5-6-7-8-9-10-11-12-13-16(18)17-14-15(2)3/h8-9,12-13,15H,4-7,10-11,14H2,1-3H3,(H,17,18). The van der Waals surface area contributed by atoms with Gasteiger partial charge in [-0.05, 0) is 37.7 Å². The van der Waals surface area contributed by atoms with Crippen molar-refractivity contribution in [2.75, 3.05) is 6.54 Å². The average molecular weight is 251 g/mol. The van der Waals surface area contributed by atoms with Crippen molar-refractivity contribution >= 4 is 5.91 Å². The maximum absolute atomic E-state index is 11.3. The molecule has 0 aromatic carbocycles. The molecular weight excluding hydrogens is 222 g/mol. The molecule has 0 rings (SSSR count). The molecule has 0 fully saturated rings. The maximum Gasteiger partial charge on any atom is 0.243 e. The van der Waals surface area contributed by atoms with Gasteiger partial charge in [0.1, 0.15) is 0 Å². The quantitative estimate of drug-likeness (QED) is 0.351. The number of amides is 1. The Morgan fingerprint density at radius 3 is 2.39 bits per heavy atom. The largest absolute Gasteiger partial charge is 0.352 e. The highest BCUT2D eigenvalue weighted by molar-refractivity contribution is 5.87. The van der Waals surface area contributed by atoms with E-state index in [2.05, 4.69) is 38.2 Å². The zero-order chi connectivity index (χ0) is 13.6. The van der Waals surface area contributed by atoms with Crippen LogP contribution in [0.1, 0.15) is 59.3 Å². The van der Waals surface area contributed by atoms with Gasteiger partial charge in [0, 0.05) is 6.54 Å². The summed E-state index contributed by atoms with van der Waals surface area (Å²) in [5.74, 6) is 0.532. The van der Waals surface area contributed by atoms with Gasteiger partial charge in [0.25, 0.3) is 0 Å². The van der Waals surface area contributed by atoms with Gasteiger partial charge < -0.3 is 5.32 Å². The second kappa shape index (κ2) is 12.4. The SMILES string of the molecule is CCCCCC=CCCC=CC(=O)NCC(C)C. The minimum Gasteiger partial charge on any atom is -0.352 e. The van der Waals surface area contributed by atoms with Crippen molar-refractivity contribution in [3.05, 3.63) is 24.3 Å². The monoisotopic (exact) mass is 251 g/mol. The molecule has 0 aliphatic heterocycles. The van der Waals surface area contributed by atoms with Crippen LogP contribution in [0.15, 0.2) is 24.3 Å². The Morgan fingerprint density at radius 2 is 1.72 bits per heavy atom. The number of carbonyl (C=O) groups is 1. The van der Waals surface area contributed by atoms with Crippen molar-refractivity contribution in [2.45, 2.75) is 59.3 Å². The molecule has 0 aromatic rings. The summed E-state index contributed by atoms with van der Waals surface area (Å²) in [7, 11) is 0. The first kappa shape index (κ1) is 16.9. The number of hydrogen-bond donors (Lipinski definition) is 1. The Kier molecular flexibility index (Phi) is 11.7. The Labute approximate surface area is 113 Å². The fourth-order valence-electron chi connectivity index (χ4n) is 1.49. The third kappa shape index (κ3) is 13.0. The van der Waals surface area contributed by atoms with Gasteiger partial charge in [-0.15, -0.1) is 0 Å². The van der Waals surface area contributed by atoms with Crippen molar-refractivity contribution < 1.29 is 4.79 Å². The fourth-order valence-corrected chi connectivity index (χ4v) is 1.49. The van der Waals surface area contributed by atoms with E-state index in [1.54, 1.807) is 6.08 Å². The molecule has 2 nitrogen and oxygen atoms in total. The Bertz CT molecular complexity index is 254. The molecule has 0 spiro atoms. The Morgan fingerprint density at radius 1 is 1.06 bits per heavy atom. The fraction of sp³-hybridized carbons (Fsp3) is 0.688. The van der Waals surface area contributed by atoms with E-state index in [1.165, 1.54) is 25.7 Å². The lowest BCUT2D eigenvalue weighted by molar-refractivity contribution is -0.116. The first-order chi connectivity index (χ1) is 8.66. The minimum absolute atomic E-state index is 0.0237. The van der Waals surface area contributed by atoms with Crippen molar-refractivity contribution in [3.63, 3.8) is 0 Å². The molecule has 2 heteroatoms. The normalized spacial score (nSPS) is 11.8. The van der Waals surface area contributed by atoms with Gasteiger partial charge in [0.2, 0.25) is 5.91 Å². The van der Waals surface area contributed by atoms with Gasteiger partial charge in [-0.25, -0.2) is 0 Å². The highest BCUT2D eigenvalue weighted by Crippen LogP contribution is 2.01. The van der Waals surface area contributed by atoms with E-state index in [-0.39, 0.29) is 5.91 Å². The zero-order valence-corrected chi connectivity index (χ0v) is 12.2. The van der Waals surface area contributed by atoms with E-state index in [9.17, 15) is 4.79 Å². The number of nitrogens with one attached hydrogen (secondary N) is 1. The van der Waals surface area contributed by atoms with Crippen LogP contribution in [0.4, 0.5) is 0 Å². The molecule has 0 heterocycles. The van der Waals surface area contributed by atoms with E-state index >= 15 is 0 Å². The predicted octanol–water partition coefficient (Wildman–Crippen LogP) is 4.23. The summed E-state index contributed by atoms with van der Waals surface area (Å²) >= 11 is 0. The first-order valence-corrected chi connectivity index (χ1v) is 7.26. The van der Waals surface area contributed by atoms with Gasteiger partial charge >= 0.3 is 0 Å². The number of allylic oxidation sites excluding steroid dienone is 3. The molecule has 0 saturated carbocycles. The van der Waals surface area contributed by atoms with Crippen molar-refractivity contribution in [2.24, 2.45) is 5.92 Å². The summed E-state index contributed by atoms with van der Waals surface area (Å²) in [6, 6.07) is 0. The summed E-state index contributed by atoms with van der Waals surface area (Å²) in [6.07, 6.45) is 15.1. The first-order valence-electron chi connectivity index (χ1n) is 7.26. The Balaban J connectivity index is 3.44. The third-order valence-corrected chi connectivity index (χ3v) is 2.59. The van der Waals surface area contributed by atoms with Crippen LogP contribution in [0.5, 0.6) is 0 Å². The maximum atomic E-state index is 11.3. The number of unbranched alkanes of at least 4 members (excludes halogenated alkanes) is 4. The van der Waals surface area contributed by atoms with Gasteiger partial charge in [0.05, 0.1) is 0 Å². The molecule has 0 saturated heterocycles. The molecule has 1 N–H and O–H groups in total. The summed E-state index contributed by atoms with van der Waals surface area (Å²) in [5.41, 5.74) is 0. The van der Waals surface area contributed by atoms with E-state index in [1.807, 2.05) is 6.08 Å². The second-order valence-corrected chi connectivity index (χ2v) is 5.09. The molecule has 0 atom stereocenters. The zero-order valence-electron chi connectivity index (χ0n) is 12.2. The average Bonchev–Trinajstić information content (AvgIpc) is 2.34. The molecule has 0 unspecified atom stereocenters. The molecule has 0 bridgehead atoms. The molecule has 0 radical (unpaired) electrons. The van der Waals surface area contributed by atoms with Gasteiger partial charge in [-0.2, -0.15) is 0 Å². The van der Waals surface area contributed by atoms with E-state index in [4.69, 9.17) is 0 Å². The molecule has 0 aliphatic rings. The summed E-state index contributed by atoms with van der Waals surface area (Å²) in [6.45, 7) is 7.15. The minimum atomic E-state index is 0.0237. The molecule has 1 amide bonds. The van der Waals surface area contributed by atoms with Crippen LogP contribution in [0.2, 0.25) is 0 Å². The highest BCUT2D eigenvalue weighted by Gasteiger charge is 1.96. The number of carbonyl (C=O) groups excluding carboxylic acids is 1. The van der Waals surface area contributed by atoms with E-state index in [0.717, 1.165) is 19.4 Å². The van der Waals surface area contributed by atoms with E-state index in [0.29, 0.717) is 5.92 Å². The van der Waals surface area contributed by atoms with Crippen LogP contribution in [-0.2, 0) is 4.79 Å².